The van der Waals surface area contributed by atoms with Crippen molar-refractivity contribution in [2.24, 2.45) is 28.7 Å². The molecule has 1 aromatic carbocycles. The highest BCUT2D eigenvalue weighted by Crippen LogP contribution is 2.52. The highest BCUT2D eigenvalue weighted by Gasteiger charge is 2.58. The number of imide groups is 1. The molecule has 8 nitrogen and oxygen atoms in total. The Balaban J connectivity index is 1.13. The molecule has 4 atom stereocenters. The lowest BCUT2D eigenvalue weighted by atomic mass is 9.85. The first-order chi connectivity index (χ1) is 15.2. The van der Waals surface area contributed by atoms with E-state index in [4.69, 9.17) is 0 Å². The van der Waals surface area contributed by atoms with Crippen LogP contribution in [0.3, 0.4) is 0 Å². The molecule has 160 valence electrons. The Morgan fingerprint density at radius 3 is 2.58 bits per heavy atom. The second-order valence-corrected chi connectivity index (χ2v) is 8.30. The van der Waals surface area contributed by atoms with Gasteiger partial charge in [0.1, 0.15) is 0 Å². The summed E-state index contributed by atoms with van der Waals surface area (Å²) in [4.78, 5) is 31.2. The third kappa shape index (κ3) is 3.52. The van der Waals surface area contributed by atoms with Crippen LogP contribution in [0.4, 0.5) is 0 Å². The third-order valence-electron chi connectivity index (χ3n) is 6.55. The van der Waals surface area contributed by atoms with Crippen molar-refractivity contribution < 1.29 is 9.59 Å². The van der Waals surface area contributed by atoms with Crippen LogP contribution in [0.25, 0.3) is 5.69 Å². The standard InChI is InChI=1S/C23H26N6O2/c1-24-23(26-14-15-4-2-5-18(12-15)29-10-3-8-27-29)25-9-11-28-21(30)19-16-6-7-17(13-16)20(19)22(28)31/h2-8,10,12,16-17,19-20H,9,11,13-14H2,1H3,(H2,24,25,26). The number of benzene rings is 1. The number of hydrogen-bond donors (Lipinski definition) is 2. The van der Waals surface area contributed by atoms with E-state index in [1.807, 2.05) is 35.1 Å². The summed E-state index contributed by atoms with van der Waals surface area (Å²) in [6.07, 6.45) is 8.85. The summed E-state index contributed by atoms with van der Waals surface area (Å²) in [6, 6.07) is 9.99. The molecule has 1 aromatic heterocycles. The number of guanidine groups is 1. The van der Waals surface area contributed by atoms with E-state index in [1.165, 1.54) is 4.90 Å². The molecule has 1 aliphatic heterocycles. The van der Waals surface area contributed by atoms with Crippen molar-refractivity contribution in [2.75, 3.05) is 20.1 Å². The minimum absolute atomic E-state index is 0.00738. The Hall–Kier alpha value is -3.42. The minimum Gasteiger partial charge on any atom is -0.355 e. The number of carbonyl (C=O) groups is 2. The number of nitrogens with zero attached hydrogens (tertiary/aromatic N) is 4. The molecule has 1 saturated carbocycles. The summed E-state index contributed by atoms with van der Waals surface area (Å²) in [5.74, 6) is 0.835. The summed E-state index contributed by atoms with van der Waals surface area (Å²) in [7, 11) is 1.70. The number of allylic oxidation sites excluding steroid dienone is 2. The molecule has 31 heavy (non-hydrogen) atoms. The Bertz CT molecular complexity index is 1010. The lowest BCUT2D eigenvalue weighted by Gasteiger charge is -2.18. The summed E-state index contributed by atoms with van der Waals surface area (Å²) in [5.41, 5.74) is 2.09. The normalized spacial score (nSPS) is 26.6. The zero-order valence-electron chi connectivity index (χ0n) is 17.4. The molecule has 1 saturated heterocycles. The third-order valence-corrected chi connectivity index (χ3v) is 6.55. The van der Waals surface area contributed by atoms with Gasteiger partial charge in [-0.2, -0.15) is 5.10 Å². The number of aromatic nitrogens is 2. The number of amides is 2. The van der Waals surface area contributed by atoms with Crippen molar-refractivity contribution in [3.05, 3.63) is 60.4 Å². The molecule has 0 radical (unpaired) electrons. The number of aliphatic imine (C=N–C) groups is 1. The number of carbonyl (C=O) groups excluding carboxylic acids is 2. The maximum atomic E-state index is 12.8. The van der Waals surface area contributed by atoms with Crippen LogP contribution in [0.1, 0.15) is 12.0 Å². The molecule has 2 aliphatic carbocycles. The van der Waals surface area contributed by atoms with E-state index in [-0.39, 0.29) is 35.5 Å². The van der Waals surface area contributed by atoms with Crippen molar-refractivity contribution in [2.45, 2.75) is 13.0 Å². The number of fused-ring (bicyclic) bond motifs is 5. The number of nitrogens with one attached hydrogen (secondary N) is 2. The maximum absolute atomic E-state index is 12.8. The van der Waals surface area contributed by atoms with Crippen LogP contribution in [-0.2, 0) is 16.1 Å². The van der Waals surface area contributed by atoms with Crippen molar-refractivity contribution >= 4 is 17.8 Å². The van der Waals surface area contributed by atoms with Gasteiger partial charge >= 0.3 is 0 Å². The smallest absolute Gasteiger partial charge is 0.233 e. The van der Waals surface area contributed by atoms with E-state index in [2.05, 4.69) is 38.9 Å². The van der Waals surface area contributed by atoms with E-state index >= 15 is 0 Å². The number of likely N-dealkylation sites (tertiary alicyclic amines) is 1. The van der Waals surface area contributed by atoms with Crippen LogP contribution < -0.4 is 10.6 Å². The van der Waals surface area contributed by atoms with Gasteiger partial charge in [0, 0.05) is 39.1 Å². The maximum Gasteiger partial charge on any atom is 0.233 e. The van der Waals surface area contributed by atoms with Gasteiger partial charge in [0.2, 0.25) is 11.8 Å². The topological polar surface area (TPSA) is 91.6 Å². The molecule has 5 rings (SSSR count). The van der Waals surface area contributed by atoms with Crippen molar-refractivity contribution in [1.82, 2.24) is 25.3 Å². The Morgan fingerprint density at radius 1 is 1.13 bits per heavy atom. The molecule has 2 amide bonds. The quantitative estimate of drug-likeness (QED) is 0.320. The monoisotopic (exact) mass is 418 g/mol. The van der Waals surface area contributed by atoms with Crippen molar-refractivity contribution in [3.8, 4) is 5.69 Å². The molecule has 4 unspecified atom stereocenters. The Morgan fingerprint density at radius 2 is 1.90 bits per heavy atom. The van der Waals surface area contributed by atoms with Crippen LogP contribution in [-0.4, -0.2) is 52.6 Å². The van der Waals surface area contributed by atoms with Gasteiger partial charge in [0.25, 0.3) is 0 Å². The van der Waals surface area contributed by atoms with E-state index in [0.717, 1.165) is 17.7 Å². The summed E-state index contributed by atoms with van der Waals surface area (Å²) >= 11 is 0. The van der Waals surface area contributed by atoms with E-state index in [0.29, 0.717) is 25.6 Å². The Kier molecular flexibility index (Phi) is 5.05. The van der Waals surface area contributed by atoms with Gasteiger partial charge in [0.05, 0.1) is 17.5 Å². The fourth-order valence-corrected chi connectivity index (χ4v) is 5.11. The van der Waals surface area contributed by atoms with E-state index in [9.17, 15) is 9.59 Å². The second kappa shape index (κ2) is 8.02. The van der Waals surface area contributed by atoms with Gasteiger partial charge in [-0.15, -0.1) is 0 Å². The van der Waals surface area contributed by atoms with Crippen molar-refractivity contribution in [3.63, 3.8) is 0 Å². The molecule has 8 heteroatoms. The predicted molar refractivity (Wildman–Crippen MR) is 116 cm³/mol. The predicted octanol–water partition coefficient (Wildman–Crippen LogP) is 1.34. The largest absolute Gasteiger partial charge is 0.355 e. The molecule has 2 heterocycles. The van der Waals surface area contributed by atoms with Crippen LogP contribution in [0.15, 0.2) is 59.9 Å². The van der Waals surface area contributed by atoms with Crippen LogP contribution in [0.5, 0.6) is 0 Å². The highest BCUT2D eigenvalue weighted by molar-refractivity contribution is 6.06. The highest BCUT2D eigenvalue weighted by atomic mass is 16.2. The summed E-state index contributed by atoms with van der Waals surface area (Å²) < 4.78 is 1.82. The van der Waals surface area contributed by atoms with E-state index < -0.39 is 0 Å². The van der Waals surface area contributed by atoms with Crippen molar-refractivity contribution in [1.29, 1.82) is 0 Å². The zero-order chi connectivity index (χ0) is 21.4. The van der Waals surface area contributed by atoms with E-state index in [1.54, 1.807) is 13.2 Å². The molecule has 3 aliphatic rings. The minimum atomic E-state index is -0.137. The number of rotatable bonds is 6. The average molecular weight is 419 g/mol. The van der Waals surface area contributed by atoms with Gasteiger partial charge in [-0.3, -0.25) is 19.5 Å². The van der Waals surface area contributed by atoms with Crippen LogP contribution in [0.2, 0.25) is 0 Å². The lowest BCUT2D eigenvalue weighted by Crippen LogP contribution is -2.43. The SMILES string of the molecule is CN=C(NCCN1C(=O)C2C3C=CC(C3)C2C1=O)NCc1cccc(-n2cccn2)c1. The molecular formula is C23H26N6O2. The van der Waals surface area contributed by atoms with Crippen LogP contribution in [0, 0.1) is 23.7 Å². The van der Waals surface area contributed by atoms with Gasteiger partial charge in [-0.05, 0) is 42.0 Å². The van der Waals surface area contributed by atoms with Gasteiger partial charge in [-0.25, -0.2) is 4.68 Å². The zero-order valence-corrected chi connectivity index (χ0v) is 17.4. The lowest BCUT2D eigenvalue weighted by molar-refractivity contribution is -0.140. The molecule has 2 bridgehead atoms. The molecule has 2 N–H and O–H groups in total. The summed E-state index contributed by atoms with van der Waals surface area (Å²) in [6.45, 7) is 1.42. The van der Waals surface area contributed by atoms with Gasteiger partial charge in [0.15, 0.2) is 5.96 Å². The molecule has 2 fully saturated rings. The average Bonchev–Trinajstić information content (AvgIpc) is 3.58. The molecule has 0 spiro atoms. The molecule has 2 aromatic rings. The second-order valence-electron chi connectivity index (χ2n) is 8.30. The Labute approximate surface area is 181 Å². The summed E-state index contributed by atoms with van der Waals surface area (Å²) in [5, 5.41) is 10.8. The first kappa shape index (κ1) is 19.5. The number of hydrogen-bond acceptors (Lipinski definition) is 4. The van der Waals surface area contributed by atoms with Gasteiger partial charge in [-0.1, -0.05) is 24.3 Å². The van der Waals surface area contributed by atoms with Crippen LogP contribution >= 0.6 is 0 Å². The fourth-order valence-electron chi connectivity index (χ4n) is 5.11. The fraction of sp³-hybridized carbons (Fsp3) is 0.391. The molecular weight excluding hydrogens is 392 g/mol. The first-order valence-corrected chi connectivity index (χ1v) is 10.7. The first-order valence-electron chi connectivity index (χ1n) is 10.7. The van der Waals surface area contributed by atoms with Gasteiger partial charge < -0.3 is 10.6 Å².